The second kappa shape index (κ2) is 5.08. The highest BCUT2D eigenvalue weighted by molar-refractivity contribution is 5.91. The van der Waals surface area contributed by atoms with Gasteiger partial charge in [0, 0.05) is 13.0 Å². The van der Waals surface area contributed by atoms with E-state index in [0.29, 0.717) is 31.3 Å². The Balaban J connectivity index is 2.05. The Hall–Kier alpha value is -0.410. The number of Topliss-reactive ketones (excluding diaryl/α,β-unsaturated/α-hetero) is 1. The molecule has 88 valence electrons. The second-order valence-corrected chi connectivity index (χ2v) is 5.18. The van der Waals surface area contributed by atoms with Crippen molar-refractivity contribution >= 4 is 5.78 Å². The Morgan fingerprint density at radius 1 is 1.40 bits per heavy atom. The number of hydrogen-bond acceptors (Lipinski definition) is 3. The van der Waals surface area contributed by atoms with E-state index in [1.54, 1.807) is 0 Å². The first-order valence-corrected chi connectivity index (χ1v) is 5.67. The third kappa shape index (κ3) is 3.28. The summed E-state index contributed by atoms with van der Waals surface area (Å²) in [6, 6.07) is 0. The molecule has 0 heterocycles. The fraction of sp³-hybridized carbons (Fsp3) is 0.917. The Labute approximate surface area is 92.1 Å². The predicted molar refractivity (Wildman–Crippen MR) is 58.8 cm³/mol. The lowest BCUT2D eigenvalue weighted by atomic mass is 9.68. The molecule has 0 amide bonds. The molecule has 0 aromatic rings. The topological polar surface area (TPSA) is 35.5 Å². The van der Waals surface area contributed by atoms with E-state index in [1.165, 1.54) is 0 Å². The van der Waals surface area contributed by atoms with Crippen molar-refractivity contribution in [3.63, 3.8) is 0 Å². The van der Waals surface area contributed by atoms with Crippen LogP contribution in [0.25, 0.3) is 0 Å². The molecule has 1 atom stereocenters. The van der Waals surface area contributed by atoms with Crippen LogP contribution >= 0.6 is 0 Å². The van der Waals surface area contributed by atoms with Crippen LogP contribution in [-0.2, 0) is 14.3 Å². The van der Waals surface area contributed by atoms with E-state index in [4.69, 9.17) is 9.47 Å². The van der Waals surface area contributed by atoms with Crippen molar-refractivity contribution in [3.8, 4) is 0 Å². The Bertz CT molecular complexity index is 221. The monoisotopic (exact) mass is 214 g/mol. The Morgan fingerprint density at radius 2 is 2.07 bits per heavy atom. The molecule has 1 aliphatic carbocycles. The van der Waals surface area contributed by atoms with Gasteiger partial charge in [-0.2, -0.15) is 0 Å². The van der Waals surface area contributed by atoms with Gasteiger partial charge in [0.1, 0.15) is 5.78 Å². The van der Waals surface area contributed by atoms with Crippen molar-refractivity contribution in [1.29, 1.82) is 0 Å². The summed E-state index contributed by atoms with van der Waals surface area (Å²) in [4.78, 5) is 11.2. The lowest BCUT2D eigenvalue weighted by Crippen LogP contribution is -2.51. The molecular formula is C12H22O3. The number of rotatable bonds is 6. The van der Waals surface area contributed by atoms with Gasteiger partial charge in [-0.15, -0.1) is 0 Å². The standard InChI is InChI=1S/C12H22O3/c1-9(2)8-14-5-6-15-11-7-10(13)12(11,3)4/h9,11H,5-8H2,1-4H3. The maximum atomic E-state index is 11.2. The first-order chi connectivity index (χ1) is 6.94. The van der Waals surface area contributed by atoms with Crippen LogP contribution in [0.4, 0.5) is 0 Å². The highest BCUT2D eigenvalue weighted by atomic mass is 16.5. The van der Waals surface area contributed by atoms with Gasteiger partial charge in [0.2, 0.25) is 0 Å². The van der Waals surface area contributed by atoms with Crippen LogP contribution in [0.5, 0.6) is 0 Å². The molecule has 1 unspecified atom stereocenters. The third-order valence-corrected chi connectivity index (χ3v) is 2.89. The van der Waals surface area contributed by atoms with E-state index in [9.17, 15) is 4.79 Å². The summed E-state index contributed by atoms with van der Waals surface area (Å²) in [6.07, 6.45) is 0.657. The Morgan fingerprint density at radius 3 is 2.53 bits per heavy atom. The van der Waals surface area contributed by atoms with E-state index in [2.05, 4.69) is 13.8 Å². The summed E-state index contributed by atoms with van der Waals surface area (Å²) < 4.78 is 11.0. The van der Waals surface area contributed by atoms with E-state index in [-0.39, 0.29) is 11.5 Å². The number of carbonyl (C=O) groups excluding carboxylic acids is 1. The number of hydrogen-bond donors (Lipinski definition) is 0. The summed E-state index contributed by atoms with van der Waals surface area (Å²) in [5.74, 6) is 0.863. The second-order valence-electron chi connectivity index (χ2n) is 5.18. The average Bonchev–Trinajstić information content (AvgIpc) is 2.15. The average molecular weight is 214 g/mol. The van der Waals surface area contributed by atoms with Crippen LogP contribution in [0, 0.1) is 11.3 Å². The molecule has 15 heavy (non-hydrogen) atoms. The molecule has 0 aliphatic heterocycles. The molecule has 0 saturated heterocycles. The van der Waals surface area contributed by atoms with Gasteiger partial charge in [-0.05, 0) is 5.92 Å². The van der Waals surface area contributed by atoms with Gasteiger partial charge in [-0.3, -0.25) is 4.79 Å². The highest BCUT2D eigenvalue weighted by Gasteiger charge is 2.47. The molecule has 0 aromatic carbocycles. The third-order valence-electron chi connectivity index (χ3n) is 2.89. The van der Waals surface area contributed by atoms with Crippen molar-refractivity contribution in [2.45, 2.75) is 40.2 Å². The minimum absolute atomic E-state index is 0.0904. The minimum atomic E-state index is -0.280. The van der Waals surface area contributed by atoms with Crippen LogP contribution in [0.2, 0.25) is 0 Å². The zero-order valence-electron chi connectivity index (χ0n) is 10.2. The van der Waals surface area contributed by atoms with Crippen molar-refractivity contribution in [2.75, 3.05) is 19.8 Å². The smallest absolute Gasteiger partial charge is 0.143 e. The van der Waals surface area contributed by atoms with Crippen LogP contribution in [-0.4, -0.2) is 31.7 Å². The van der Waals surface area contributed by atoms with Crippen molar-refractivity contribution in [3.05, 3.63) is 0 Å². The molecule has 1 fully saturated rings. The molecule has 1 saturated carbocycles. The van der Waals surface area contributed by atoms with Crippen LogP contribution in [0.15, 0.2) is 0 Å². The van der Waals surface area contributed by atoms with Gasteiger partial charge in [0.25, 0.3) is 0 Å². The minimum Gasteiger partial charge on any atom is -0.379 e. The molecule has 0 radical (unpaired) electrons. The molecule has 1 aliphatic rings. The van der Waals surface area contributed by atoms with Crippen molar-refractivity contribution in [1.82, 2.24) is 0 Å². The normalized spacial score (nSPS) is 24.3. The van der Waals surface area contributed by atoms with E-state index in [1.807, 2.05) is 13.8 Å². The van der Waals surface area contributed by atoms with Crippen LogP contribution in [0.1, 0.15) is 34.1 Å². The quantitative estimate of drug-likeness (QED) is 0.635. The summed E-state index contributed by atoms with van der Waals surface area (Å²) in [6.45, 7) is 10.1. The molecule has 3 heteroatoms. The molecule has 3 nitrogen and oxygen atoms in total. The summed E-state index contributed by atoms with van der Waals surface area (Å²) in [7, 11) is 0. The van der Waals surface area contributed by atoms with E-state index < -0.39 is 0 Å². The maximum absolute atomic E-state index is 11.2. The first kappa shape index (κ1) is 12.7. The van der Waals surface area contributed by atoms with Crippen LogP contribution in [0.3, 0.4) is 0 Å². The van der Waals surface area contributed by atoms with Gasteiger partial charge in [0.05, 0.1) is 24.7 Å². The highest BCUT2D eigenvalue weighted by Crippen LogP contribution is 2.38. The number of ether oxygens (including phenoxy) is 2. The van der Waals surface area contributed by atoms with Gasteiger partial charge in [-0.1, -0.05) is 27.7 Å². The summed E-state index contributed by atoms with van der Waals surface area (Å²) in [5, 5.41) is 0. The molecular weight excluding hydrogens is 192 g/mol. The van der Waals surface area contributed by atoms with Gasteiger partial charge in [0.15, 0.2) is 0 Å². The maximum Gasteiger partial charge on any atom is 0.143 e. The number of ketones is 1. The van der Waals surface area contributed by atoms with E-state index >= 15 is 0 Å². The van der Waals surface area contributed by atoms with Crippen molar-refractivity contribution in [2.24, 2.45) is 11.3 Å². The molecule has 0 bridgehead atoms. The first-order valence-electron chi connectivity index (χ1n) is 5.67. The molecule has 0 N–H and O–H groups in total. The summed E-state index contributed by atoms with van der Waals surface area (Å²) in [5.41, 5.74) is -0.280. The lowest BCUT2D eigenvalue weighted by molar-refractivity contribution is -0.160. The summed E-state index contributed by atoms with van der Waals surface area (Å²) >= 11 is 0. The SMILES string of the molecule is CC(C)COCCOC1CC(=O)C1(C)C. The fourth-order valence-electron chi connectivity index (χ4n) is 1.57. The van der Waals surface area contributed by atoms with E-state index in [0.717, 1.165) is 6.61 Å². The van der Waals surface area contributed by atoms with Crippen molar-refractivity contribution < 1.29 is 14.3 Å². The molecule has 0 aromatic heterocycles. The van der Waals surface area contributed by atoms with Gasteiger partial charge >= 0.3 is 0 Å². The zero-order valence-corrected chi connectivity index (χ0v) is 10.2. The molecule has 1 rings (SSSR count). The Kier molecular flexibility index (Phi) is 4.29. The predicted octanol–water partition coefficient (Wildman–Crippen LogP) is 2.04. The molecule has 0 spiro atoms. The fourth-order valence-corrected chi connectivity index (χ4v) is 1.57. The van der Waals surface area contributed by atoms with Gasteiger partial charge < -0.3 is 9.47 Å². The lowest BCUT2D eigenvalue weighted by Gasteiger charge is -2.41. The largest absolute Gasteiger partial charge is 0.379 e. The zero-order chi connectivity index (χ0) is 11.5. The van der Waals surface area contributed by atoms with Gasteiger partial charge in [-0.25, -0.2) is 0 Å². The number of carbonyl (C=O) groups is 1. The van der Waals surface area contributed by atoms with Crippen LogP contribution < -0.4 is 0 Å².